The molecule has 0 aliphatic heterocycles. The molecule has 0 atom stereocenters. The summed E-state index contributed by atoms with van der Waals surface area (Å²) in [7, 11) is 0. The van der Waals surface area contributed by atoms with Crippen molar-refractivity contribution in [3.63, 3.8) is 0 Å². The third-order valence-corrected chi connectivity index (χ3v) is 2.26. The monoisotopic (exact) mass is 199 g/mol. The first-order valence-corrected chi connectivity index (χ1v) is 4.94. The Labute approximate surface area is 88.9 Å². The predicted octanol–water partition coefficient (Wildman–Crippen LogP) is 2.55. The van der Waals surface area contributed by atoms with E-state index >= 15 is 0 Å². The molecule has 0 aliphatic rings. The van der Waals surface area contributed by atoms with Gasteiger partial charge in [0.05, 0.1) is 17.8 Å². The number of hydrogen-bond acceptors (Lipinski definition) is 2. The number of hydrogen-bond donors (Lipinski definition) is 1. The number of benzene rings is 1. The smallest absolute Gasteiger partial charge is 0.0709 e. The molecule has 2 nitrogen and oxygen atoms in total. The summed E-state index contributed by atoms with van der Waals surface area (Å²) >= 11 is 0. The number of fused-ring (bicyclic) bond motifs is 1. The van der Waals surface area contributed by atoms with Crippen LogP contribution in [0.3, 0.4) is 0 Å². The van der Waals surface area contributed by atoms with Crippen LogP contribution in [0.5, 0.6) is 0 Å². The standard InChI is InChI=1S/C13H13NO/c1-10-4-7-13-11(9-10)5-6-12(14-13)3-2-8-15/h2-7,9,15H,8H2,1H3. The van der Waals surface area contributed by atoms with Crippen molar-refractivity contribution < 1.29 is 5.11 Å². The van der Waals surface area contributed by atoms with Gasteiger partial charge in [0.25, 0.3) is 0 Å². The van der Waals surface area contributed by atoms with Crippen molar-refractivity contribution in [2.45, 2.75) is 6.92 Å². The van der Waals surface area contributed by atoms with Gasteiger partial charge in [0.2, 0.25) is 0 Å². The SMILES string of the molecule is Cc1ccc2nc(C=CCO)ccc2c1. The Balaban J connectivity index is 2.47. The van der Waals surface area contributed by atoms with Crippen molar-refractivity contribution >= 4 is 17.0 Å². The van der Waals surface area contributed by atoms with E-state index in [0.29, 0.717) is 0 Å². The molecule has 1 aromatic heterocycles. The van der Waals surface area contributed by atoms with Crippen LogP contribution >= 0.6 is 0 Å². The van der Waals surface area contributed by atoms with Gasteiger partial charge in [-0.05, 0) is 31.2 Å². The van der Waals surface area contributed by atoms with Crippen molar-refractivity contribution in [1.29, 1.82) is 0 Å². The lowest BCUT2D eigenvalue weighted by Crippen LogP contribution is -1.84. The molecular formula is C13H13NO. The zero-order chi connectivity index (χ0) is 10.7. The molecule has 2 heteroatoms. The molecule has 0 saturated heterocycles. The number of nitrogens with zero attached hydrogens (tertiary/aromatic N) is 1. The van der Waals surface area contributed by atoms with Crippen LogP contribution in [0.15, 0.2) is 36.4 Å². The molecule has 2 rings (SSSR count). The molecular weight excluding hydrogens is 186 g/mol. The van der Waals surface area contributed by atoms with E-state index in [0.717, 1.165) is 16.6 Å². The van der Waals surface area contributed by atoms with Gasteiger partial charge in [0.1, 0.15) is 0 Å². The van der Waals surface area contributed by atoms with E-state index < -0.39 is 0 Å². The maximum Gasteiger partial charge on any atom is 0.0709 e. The van der Waals surface area contributed by atoms with Crippen LogP contribution in [0, 0.1) is 6.92 Å². The van der Waals surface area contributed by atoms with E-state index in [-0.39, 0.29) is 6.61 Å². The van der Waals surface area contributed by atoms with Crippen molar-refractivity contribution in [1.82, 2.24) is 4.98 Å². The normalized spacial score (nSPS) is 11.3. The first-order chi connectivity index (χ1) is 7.29. The van der Waals surface area contributed by atoms with Crippen LogP contribution in [0.25, 0.3) is 17.0 Å². The minimum atomic E-state index is 0.0492. The van der Waals surface area contributed by atoms with Crippen LogP contribution in [0.2, 0.25) is 0 Å². The average Bonchev–Trinajstić information content (AvgIpc) is 2.26. The number of aryl methyl sites for hydroxylation is 1. The van der Waals surface area contributed by atoms with Crippen LogP contribution in [0.4, 0.5) is 0 Å². The molecule has 0 fully saturated rings. The van der Waals surface area contributed by atoms with Crippen LogP contribution < -0.4 is 0 Å². The van der Waals surface area contributed by atoms with E-state index in [9.17, 15) is 0 Å². The summed E-state index contributed by atoms with van der Waals surface area (Å²) in [5, 5.41) is 9.81. The van der Waals surface area contributed by atoms with Crippen molar-refractivity contribution in [3.8, 4) is 0 Å². The fourth-order valence-electron chi connectivity index (χ4n) is 1.53. The first-order valence-electron chi connectivity index (χ1n) is 4.94. The maximum atomic E-state index is 8.66. The van der Waals surface area contributed by atoms with Gasteiger partial charge in [-0.1, -0.05) is 23.8 Å². The van der Waals surface area contributed by atoms with Crippen LogP contribution in [-0.4, -0.2) is 16.7 Å². The highest BCUT2D eigenvalue weighted by Crippen LogP contribution is 2.14. The van der Waals surface area contributed by atoms with Crippen molar-refractivity contribution in [2.24, 2.45) is 0 Å². The largest absolute Gasteiger partial charge is 0.392 e. The second-order valence-corrected chi connectivity index (χ2v) is 3.52. The van der Waals surface area contributed by atoms with Gasteiger partial charge in [-0.3, -0.25) is 0 Å². The molecule has 0 amide bonds. The van der Waals surface area contributed by atoms with Crippen LogP contribution in [-0.2, 0) is 0 Å². The fraction of sp³-hybridized carbons (Fsp3) is 0.154. The summed E-state index contributed by atoms with van der Waals surface area (Å²) in [5.41, 5.74) is 3.10. The lowest BCUT2D eigenvalue weighted by molar-refractivity contribution is 0.343. The number of aromatic nitrogens is 1. The molecule has 2 aromatic rings. The topological polar surface area (TPSA) is 33.1 Å². The van der Waals surface area contributed by atoms with Crippen molar-refractivity contribution in [2.75, 3.05) is 6.61 Å². The molecule has 0 spiro atoms. The number of rotatable bonds is 2. The van der Waals surface area contributed by atoms with E-state index in [4.69, 9.17) is 5.11 Å². The molecule has 0 radical (unpaired) electrons. The van der Waals surface area contributed by atoms with Crippen molar-refractivity contribution in [3.05, 3.63) is 47.7 Å². The summed E-state index contributed by atoms with van der Waals surface area (Å²) in [6, 6.07) is 10.2. The Morgan fingerprint density at radius 2 is 2.13 bits per heavy atom. The summed E-state index contributed by atoms with van der Waals surface area (Å²) < 4.78 is 0. The molecule has 1 heterocycles. The average molecular weight is 199 g/mol. The van der Waals surface area contributed by atoms with E-state index in [1.54, 1.807) is 6.08 Å². The summed E-state index contributed by atoms with van der Waals surface area (Å²) in [6.07, 6.45) is 3.50. The highest BCUT2D eigenvalue weighted by molar-refractivity contribution is 5.80. The zero-order valence-corrected chi connectivity index (χ0v) is 8.64. The van der Waals surface area contributed by atoms with Gasteiger partial charge >= 0.3 is 0 Å². The molecule has 1 N–H and O–H groups in total. The lowest BCUT2D eigenvalue weighted by atomic mass is 10.1. The predicted molar refractivity (Wildman–Crippen MR) is 62.6 cm³/mol. The quantitative estimate of drug-likeness (QED) is 0.806. The first kappa shape index (κ1) is 9.87. The highest BCUT2D eigenvalue weighted by Gasteiger charge is 1.95. The Kier molecular flexibility index (Phi) is 2.79. The highest BCUT2D eigenvalue weighted by atomic mass is 16.2. The summed E-state index contributed by atoms with van der Waals surface area (Å²) in [6.45, 7) is 2.12. The number of pyridine rings is 1. The Bertz CT molecular complexity index is 503. The third kappa shape index (κ3) is 2.22. The third-order valence-electron chi connectivity index (χ3n) is 2.26. The van der Waals surface area contributed by atoms with Gasteiger partial charge < -0.3 is 5.11 Å². The second kappa shape index (κ2) is 4.24. The van der Waals surface area contributed by atoms with Gasteiger partial charge in [-0.25, -0.2) is 4.98 Å². The summed E-state index contributed by atoms with van der Waals surface area (Å²) in [5.74, 6) is 0. The Hall–Kier alpha value is -1.67. The van der Waals surface area contributed by atoms with E-state index in [2.05, 4.69) is 24.0 Å². The minimum absolute atomic E-state index is 0.0492. The number of aliphatic hydroxyl groups is 1. The molecule has 0 unspecified atom stereocenters. The van der Waals surface area contributed by atoms with Gasteiger partial charge in [0.15, 0.2) is 0 Å². The van der Waals surface area contributed by atoms with E-state index in [1.807, 2.05) is 24.3 Å². The molecule has 76 valence electrons. The van der Waals surface area contributed by atoms with Crippen LogP contribution in [0.1, 0.15) is 11.3 Å². The number of aliphatic hydroxyl groups excluding tert-OH is 1. The van der Waals surface area contributed by atoms with Gasteiger partial charge in [-0.15, -0.1) is 0 Å². The molecule has 15 heavy (non-hydrogen) atoms. The van der Waals surface area contributed by atoms with E-state index in [1.165, 1.54) is 5.56 Å². The Morgan fingerprint density at radius 3 is 2.93 bits per heavy atom. The zero-order valence-electron chi connectivity index (χ0n) is 8.64. The van der Waals surface area contributed by atoms with Gasteiger partial charge in [-0.2, -0.15) is 0 Å². The molecule has 0 saturated carbocycles. The van der Waals surface area contributed by atoms with Gasteiger partial charge in [0, 0.05) is 5.39 Å². The molecule has 0 aliphatic carbocycles. The molecule has 0 bridgehead atoms. The fourth-order valence-corrected chi connectivity index (χ4v) is 1.53. The minimum Gasteiger partial charge on any atom is -0.392 e. The summed E-state index contributed by atoms with van der Waals surface area (Å²) in [4.78, 5) is 4.46. The lowest BCUT2D eigenvalue weighted by Gasteiger charge is -2.00. The Morgan fingerprint density at radius 1 is 1.27 bits per heavy atom. The maximum absolute atomic E-state index is 8.66. The molecule has 1 aromatic carbocycles. The second-order valence-electron chi connectivity index (χ2n) is 3.52.